The normalized spacial score (nSPS) is 25.5. The van der Waals surface area contributed by atoms with Crippen LogP contribution in [-0.4, -0.2) is 66.1 Å². The Morgan fingerprint density at radius 2 is 1.94 bits per heavy atom. The van der Waals surface area contributed by atoms with Gasteiger partial charge in [-0.25, -0.2) is 4.79 Å². The summed E-state index contributed by atoms with van der Waals surface area (Å²) in [5.74, 6) is -0.0810. The fourth-order valence-corrected chi connectivity index (χ4v) is 4.86. The van der Waals surface area contributed by atoms with Crippen LogP contribution < -0.4 is 10.6 Å². The lowest BCUT2D eigenvalue weighted by Crippen LogP contribution is -2.58. The Balaban J connectivity index is 1.38. The molecule has 3 amide bonds. The van der Waals surface area contributed by atoms with Gasteiger partial charge in [-0.1, -0.05) is 48.0 Å². The van der Waals surface area contributed by atoms with Crippen LogP contribution in [0.25, 0.3) is 0 Å². The van der Waals surface area contributed by atoms with Gasteiger partial charge in [0, 0.05) is 10.7 Å². The highest BCUT2D eigenvalue weighted by atomic mass is 35.5. The fourth-order valence-electron chi connectivity index (χ4n) is 4.67. The first-order valence-corrected chi connectivity index (χ1v) is 12.4. The topological polar surface area (TPSA) is 100 Å². The minimum Gasteiger partial charge on any atom is -0.389 e. The molecule has 35 heavy (non-hydrogen) atoms. The highest BCUT2D eigenvalue weighted by Crippen LogP contribution is 2.29. The number of halogens is 1. The highest BCUT2D eigenvalue weighted by Gasteiger charge is 2.40. The molecule has 0 spiro atoms. The van der Waals surface area contributed by atoms with E-state index in [1.54, 1.807) is 29.2 Å². The lowest BCUT2D eigenvalue weighted by atomic mass is 9.94. The number of fused-ring (bicyclic) bond motifs is 1. The van der Waals surface area contributed by atoms with Gasteiger partial charge in [0.2, 0.25) is 5.91 Å². The largest absolute Gasteiger partial charge is 0.389 e. The third-order valence-electron chi connectivity index (χ3n) is 6.41. The summed E-state index contributed by atoms with van der Waals surface area (Å²) in [6.45, 7) is 2.42. The molecular weight excluding hydrogens is 470 g/mol. The van der Waals surface area contributed by atoms with E-state index in [0.717, 1.165) is 5.56 Å². The van der Waals surface area contributed by atoms with Crippen molar-refractivity contribution < 1.29 is 24.2 Å². The molecule has 2 fully saturated rings. The third-order valence-corrected chi connectivity index (χ3v) is 6.64. The molecule has 2 aromatic rings. The summed E-state index contributed by atoms with van der Waals surface area (Å²) in [6.07, 6.45) is 0.0126. The number of rotatable bonds is 5. The molecule has 8 nitrogen and oxygen atoms in total. The van der Waals surface area contributed by atoms with Gasteiger partial charge in [0.1, 0.15) is 6.10 Å². The molecular formula is C26H32ClN3O5. The number of carbonyl (C=O) groups excluding carboxylic acids is 2. The van der Waals surface area contributed by atoms with Crippen molar-refractivity contribution >= 4 is 29.2 Å². The van der Waals surface area contributed by atoms with Crippen molar-refractivity contribution in [3.63, 3.8) is 0 Å². The van der Waals surface area contributed by atoms with Crippen LogP contribution in [-0.2, 0) is 14.3 Å². The van der Waals surface area contributed by atoms with E-state index >= 15 is 0 Å². The van der Waals surface area contributed by atoms with E-state index in [2.05, 4.69) is 10.6 Å². The minimum absolute atomic E-state index is 0.0810. The second-order valence-electron chi connectivity index (χ2n) is 9.13. The van der Waals surface area contributed by atoms with Gasteiger partial charge in [-0.15, -0.1) is 0 Å². The van der Waals surface area contributed by atoms with Gasteiger partial charge in [0.15, 0.2) is 0 Å². The zero-order valence-electron chi connectivity index (χ0n) is 19.7. The van der Waals surface area contributed by atoms with Crippen LogP contribution in [0.4, 0.5) is 10.5 Å². The molecule has 3 N–H and O–H groups in total. The second kappa shape index (κ2) is 11.9. The molecule has 5 atom stereocenters. The zero-order valence-corrected chi connectivity index (χ0v) is 20.5. The maximum absolute atomic E-state index is 13.2. The number of nitrogens with zero attached hydrogens (tertiary/aromatic N) is 1. The van der Waals surface area contributed by atoms with E-state index in [-0.39, 0.29) is 56.3 Å². The standard InChI is InChI=1S/C26H32ClN3O5/c1-17(18-6-3-2-4-7-18)28-25(32)13-22-10-11-23-24(35-22)16-34-15-21(31)14-30(23)26(33)29-20-9-5-8-19(27)12-20/h2-9,12,17,21-24,31H,10-11,13-16H2,1H3,(H,28,32)(H,29,33)/t17-,21+,22-,23-,24+/m1/s1. The van der Waals surface area contributed by atoms with E-state index in [1.165, 1.54) is 0 Å². The number of β-amino-alcohol motifs (C(OH)–C–C–N with tert-alkyl or cyclic N) is 1. The lowest BCUT2D eigenvalue weighted by molar-refractivity contribution is -0.150. The highest BCUT2D eigenvalue weighted by molar-refractivity contribution is 6.30. The molecule has 0 saturated carbocycles. The van der Waals surface area contributed by atoms with Crippen LogP contribution in [0, 0.1) is 0 Å². The van der Waals surface area contributed by atoms with Gasteiger partial charge >= 0.3 is 6.03 Å². The number of urea groups is 1. The predicted octanol–water partition coefficient (Wildman–Crippen LogP) is 3.75. The van der Waals surface area contributed by atoms with Crippen molar-refractivity contribution in [1.29, 1.82) is 0 Å². The van der Waals surface area contributed by atoms with Crippen LogP contribution in [0.3, 0.4) is 0 Å². The summed E-state index contributed by atoms with van der Waals surface area (Å²) in [4.78, 5) is 27.5. The first kappa shape index (κ1) is 25.4. The average molecular weight is 502 g/mol. The van der Waals surface area contributed by atoms with E-state index < -0.39 is 12.2 Å². The number of aliphatic hydroxyl groups is 1. The summed E-state index contributed by atoms with van der Waals surface area (Å²) in [7, 11) is 0. The first-order chi connectivity index (χ1) is 16.9. The van der Waals surface area contributed by atoms with Crippen LogP contribution in [0.15, 0.2) is 54.6 Å². The zero-order chi connectivity index (χ0) is 24.8. The molecule has 2 aromatic carbocycles. The molecule has 2 heterocycles. The van der Waals surface area contributed by atoms with E-state index in [9.17, 15) is 14.7 Å². The predicted molar refractivity (Wildman–Crippen MR) is 133 cm³/mol. The number of carbonyl (C=O) groups is 2. The maximum Gasteiger partial charge on any atom is 0.322 e. The molecule has 9 heteroatoms. The lowest BCUT2D eigenvalue weighted by Gasteiger charge is -2.44. The van der Waals surface area contributed by atoms with Crippen molar-refractivity contribution in [3.05, 3.63) is 65.2 Å². The van der Waals surface area contributed by atoms with E-state index in [0.29, 0.717) is 23.6 Å². The molecule has 0 radical (unpaired) electrons. The number of amides is 3. The Labute approximate surface area is 210 Å². The van der Waals surface area contributed by atoms with Crippen LogP contribution in [0.5, 0.6) is 0 Å². The number of anilines is 1. The van der Waals surface area contributed by atoms with Gasteiger partial charge < -0.3 is 30.1 Å². The smallest absolute Gasteiger partial charge is 0.322 e. The number of aliphatic hydroxyl groups excluding tert-OH is 1. The number of nitrogens with one attached hydrogen (secondary N) is 2. The van der Waals surface area contributed by atoms with Gasteiger partial charge in [0.25, 0.3) is 0 Å². The van der Waals surface area contributed by atoms with Crippen molar-refractivity contribution in [2.45, 2.75) is 56.6 Å². The van der Waals surface area contributed by atoms with Crippen molar-refractivity contribution in [2.75, 3.05) is 25.1 Å². The minimum atomic E-state index is -0.802. The Morgan fingerprint density at radius 1 is 1.14 bits per heavy atom. The Morgan fingerprint density at radius 3 is 2.71 bits per heavy atom. The van der Waals surface area contributed by atoms with Crippen molar-refractivity contribution in [1.82, 2.24) is 10.2 Å². The van der Waals surface area contributed by atoms with Gasteiger partial charge in [-0.05, 0) is 43.5 Å². The molecule has 188 valence electrons. The average Bonchev–Trinajstić information content (AvgIpc) is 2.82. The number of hydrogen-bond donors (Lipinski definition) is 3. The summed E-state index contributed by atoms with van der Waals surface area (Å²) >= 11 is 6.05. The Hall–Kier alpha value is -2.65. The number of benzene rings is 2. The van der Waals surface area contributed by atoms with E-state index in [4.69, 9.17) is 21.1 Å². The Bertz CT molecular complexity index is 1010. The van der Waals surface area contributed by atoms with Crippen LogP contribution >= 0.6 is 11.6 Å². The van der Waals surface area contributed by atoms with Crippen molar-refractivity contribution in [2.24, 2.45) is 0 Å². The van der Waals surface area contributed by atoms with Gasteiger partial charge in [0.05, 0.1) is 50.5 Å². The molecule has 0 aliphatic carbocycles. The first-order valence-electron chi connectivity index (χ1n) is 12.0. The molecule has 0 unspecified atom stereocenters. The van der Waals surface area contributed by atoms with Crippen LogP contribution in [0.1, 0.15) is 37.8 Å². The SMILES string of the molecule is C[C@@H](NC(=O)C[C@H]1CC[C@@H]2[C@H](COC[C@@H](O)CN2C(=O)Nc2cccc(Cl)c2)O1)c1ccccc1. The van der Waals surface area contributed by atoms with Gasteiger partial charge in [-0.3, -0.25) is 4.79 Å². The summed E-state index contributed by atoms with van der Waals surface area (Å²) in [5.41, 5.74) is 1.62. The Kier molecular flexibility index (Phi) is 8.62. The molecule has 0 bridgehead atoms. The monoisotopic (exact) mass is 501 g/mol. The summed E-state index contributed by atoms with van der Waals surface area (Å²) in [6, 6.07) is 16.0. The summed E-state index contributed by atoms with van der Waals surface area (Å²) in [5, 5.41) is 16.7. The molecule has 2 saturated heterocycles. The van der Waals surface area contributed by atoms with E-state index in [1.807, 2.05) is 37.3 Å². The van der Waals surface area contributed by atoms with Crippen molar-refractivity contribution in [3.8, 4) is 0 Å². The molecule has 2 aliphatic heterocycles. The van der Waals surface area contributed by atoms with Crippen LogP contribution in [0.2, 0.25) is 5.02 Å². The number of ether oxygens (including phenoxy) is 2. The molecule has 0 aromatic heterocycles. The third kappa shape index (κ3) is 6.95. The number of hydrogen-bond acceptors (Lipinski definition) is 5. The maximum atomic E-state index is 13.2. The quantitative estimate of drug-likeness (QED) is 0.579. The summed E-state index contributed by atoms with van der Waals surface area (Å²) < 4.78 is 11.9. The molecule has 4 rings (SSSR count). The second-order valence-corrected chi connectivity index (χ2v) is 9.57. The van der Waals surface area contributed by atoms with Gasteiger partial charge in [-0.2, -0.15) is 0 Å². The molecule has 2 aliphatic rings. The fraction of sp³-hybridized carbons (Fsp3) is 0.462.